The second-order valence-electron chi connectivity index (χ2n) is 6.37. The van der Waals surface area contributed by atoms with Crippen molar-refractivity contribution in [3.05, 3.63) is 41.2 Å². The molecule has 0 aliphatic carbocycles. The van der Waals surface area contributed by atoms with Gasteiger partial charge < -0.3 is 9.84 Å². The highest BCUT2D eigenvalue weighted by atomic mass is 16.5. The van der Waals surface area contributed by atoms with Crippen LogP contribution in [0.5, 0.6) is 0 Å². The first-order chi connectivity index (χ1) is 12.3. The summed E-state index contributed by atoms with van der Waals surface area (Å²) in [6.07, 6.45) is 24.9. The third-order valence-corrected chi connectivity index (χ3v) is 3.95. The van der Waals surface area contributed by atoms with E-state index in [0.29, 0.717) is 6.61 Å². The molecule has 1 N–H and O–H groups in total. The highest BCUT2D eigenvalue weighted by molar-refractivity contribution is 4.95. The summed E-state index contributed by atoms with van der Waals surface area (Å²) in [5, 5.41) is 17.4. The molecule has 0 fully saturated rings. The van der Waals surface area contributed by atoms with Crippen molar-refractivity contribution in [3.63, 3.8) is 0 Å². The Morgan fingerprint density at radius 3 is 2.12 bits per heavy atom. The van der Waals surface area contributed by atoms with Crippen LogP contribution in [-0.2, 0) is 4.74 Å². The van der Waals surface area contributed by atoms with E-state index in [-0.39, 0.29) is 12.4 Å². The number of rotatable bonds is 17. The van der Waals surface area contributed by atoms with E-state index >= 15 is 0 Å². The fourth-order valence-electron chi connectivity index (χ4n) is 2.47. The molecule has 0 radical (unpaired) electrons. The van der Waals surface area contributed by atoms with Gasteiger partial charge in [0.2, 0.25) is 11.2 Å². The predicted octanol–water partition coefficient (Wildman–Crippen LogP) is 7.07. The number of aliphatic hydroxyl groups excluding tert-OH is 1. The van der Waals surface area contributed by atoms with Crippen LogP contribution in [0.2, 0.25) is 0 Å². The van der Waals surface area contributed by atoms with E-state index in [1.165, 1.54) is 57.8 Å². The summed E-state index contributed by atoms with van der Waals surface area (Å²) in [5.74, 6) is -0.0532. The Morgan fingerprint density at radius 1 is 0.880 bits per heavy atom. The number of ether oxygens (including phenoxy) is 1. The summed E-state index contributed by atoms with van der Waals surface area (Å²) in [6.45, 7) is 2.99. The zero-order valence-electron chi connectivity index (χ0n) is 16.0. The topological polar surface area (TPSA) is 57.6 Å². The van der Waals surface area contributed by atoms with Gasteiger partial charge in [-0.2, -0.15) is 0 Å². The molecule has 0 aromatic rings. The minimum Gasteiger partial charge on any atom is -0.504 e. The van der Waals surface area contributed by atoms with E-state index in [1.54, 1.807) is 0 Å². The standard InChI is InChI=1S/C21H36N2O2/c1-2-3-4-5-6-7-8-9-10-11-12-13-14-15-16-17-18-25-20-21(24)19-23-22/h6-7,9-10,19H,2-5,8,11-18,20H2,1H3/p+1/b7-6-,10-9-,21-19-. The van der Waals surface area contributed by atoms with Crippen LogP contribution >= 0.6 is 0 Å². The molecule has 25 heavy (non-hydrogen) atoms. The molecule has 142 valence electrons. The van der Waals surface area contributed by atoms with Gasteiger partial charge in [0.1, 0.15) is 6.61 Å². The van der Waals surface area contributed by atoms with Crippen LogP contribution in [0.4, 0.5) is 0 Å². The highest BCUT2D eigenvalue weighted by Crippen LogP contribution is 2.08. The molecule has 0 saturated heterocycles. The van der Waals surface area contributed by atoms with Crippen LogP contribution in [0.25, 0.3) is 4.98 Å². The van der Waals surface area contributed by atoms with Gasteiger partial charge in [-0.25, -0.2) is 0 Å². The van der Waals surface area contributed by atoms with Crippen molar-refractivity contribution in [2.75, 3.05) is 13.2 Å². The van der Waals surface area contributed by atoms with Gasteiger partial charge in [-0.3, -0.25) is 0 Å². The summed E-state index contributed by atoms with van der Waals surface area (Å²) >= 11 is 0. The van der Waals surface area contributed by atoms with Crippen LogP contribution in [0, 0.1) is 5.39 Å². The molecular weight excluding hydrogens is 312 g/mol. The molecule has 0 amide bonds. The zero-order chi connectivity index (χ0) is 18.4. The van der Waals surface area contributed by atoms with Crippen molar-refractivity contribution in [1.82, 2.24) is 0 Å². The predicted molar refractivity (Wildman–Crippen MR) is 106 cm³/mol. The van der Waals surface area contributed by atoms with Crippen LogP contribution in [0.1, 0.15) is 84.0 Å². The molecule has 0 saturated carbocycles. The fourth-order valence-corrected chi connectivity index (χ4v) is 2.47. The zero-order valence-corrected chi connectivity index (χ0v) is 16.0. The summed E-state index contributed by atoms with van der Waals surface area (Å²) in [5.41, 5.74) is 0. The Balaban J connectivity index is 3.22. The van der Waals surface area contributed by atoms with Crippen LogP contribution in [0.3, 0.4) is 0 Å². The van der Waals surface area contributed by atoms with Gasteiger partial charge >= 0.3 is 6.20 Å². The number of hydrogen-bond acceptors (Lipinski definition) is 3. The normalized spacial score (nSPS) is 12.2. The maximum atomic E-state index is 9.16. The first-order valence-corrected chi connectivity index (χ1v) is 9.91. The summed E-state index contributed by atoms with van der Waals surface area (Å²) in [4.78, 5) is 2.73. The monoisotopic (exact) mass is 349 g/mol. The fraction of sp³-hybridized carbons (Fsp3) is 0.714. The second kappa shape index (κ2) is 20.4. The third-order valence-electron chi connectivity index (χ3n) is 3.95. The average Bonchev–Trinajstić information content (AvgIpc) is 2.61. The quantitative estimate of drug-likeness (QED) is 0.132. The maximum Gasteiger partial charge on any atom is 0.389 e. The molecule has 0 rings (SSSR count). The summed E-state index contributed by atoms with van der Waals surface area (Å²) in [7, 11) is 0. The molecule has 0 atom stereocenters. The molecule has 0 unspecified atom stereocenters. The second-order valence-corrected chi connectivity index (χ2v) is 6.37. The van der Waals surface area contributed by atoms with Gasteiger partial charge in [-0.05, 0) is 38.5 Å². The average molecular weight is 350 g/mol. The first kappa shape index (κ1) is 23.4. The molecule has 0 aromatic carbocycles. The van der Waals surface area contributed by atoms with Crippen molar-refractivity contribution < 1.29 is 9.84 Å². The lowest BCUT2D eigenvalue weighted by Crippen LogP contribution is -1.99. The minimum absolute atomic E-state index is 0.0532. The van der Waals surface area contributed by atoms with Crippen molar-refractivity contribution in [1.29, 1.82) is 5.39 Å². The lowest BCUT2D eigenvalue weighted by Gasteiger charge is -2.02. The van der Waals surface area contributed by atoms with Crippen molar-refractivity contribution in [3.8, 4) is 0 Å². The number of aliphatic hydroxyl groups is 1. The largest absolute Gasteiger partial charge is 0.504 e. The molecular formula is C21H37N2O2+. The highest BCUT2D eigenvalue weighted by Gasteiger charge is 1.99. The molecule has 0 aliphatic heterocycles. The summed E-state index contributed by atoms with van der Waals surface area (Å²) < 4.78 is 5.26. The molecule has 4 heteroatoms. The first-order valence-electron chi connectivity index (χ1n) is 9.91. The van der Waals surface area contributed by atoms with Gasteiger partial charge in [0.15, 0.2) is 4.98 Å². The van der Waals surface area contributed by atoms with E-state index < -0.39 is 0 Å². The van der Waals surface area contributed by atoms with Gasteiger partial charge in [-0.15, -0.1) is 0 Å². The van der Waals surface area contributed by atoms with E-state index in [2.05, 4.69) is 36.2 Å². The smallest absolute Gasteiger partial charge is 0.389 e. The Morgan fingerprint density at radius 2 is 1.48 bits per heavy atom. The van der Waals surface area contributed by atoms with Gasteiger partial charge in [0.05, 0.1) is 0 Å². The third kappa shape index (κ3) is 20.4. The van der Waals surface area contributed by atoms with Gasteiger partial charge in [0.25, 0.3) is 0 Å². The maximum absolute atomic E-state index is 9.16. The van der Waals surface area contributed by atoms with Crippen LogP contribution in [-0.4, -0.2) is 18.3 Å². The van der Waals surface area contributed by atoms with Crippen LogP contribution < -0.4 is 0 Å². The Hall–Kier alpha value is -1.60. The number of nitrogens with zero attached hydrogens (tertiary/aromatic N) is 2. The van der Waals surface area contributed by atoms with Gasteiger partial charge in [0, 0.05) is 6.61 Å². The minimum atomic E-state index is -0.0532. The van der Waals surface area contributed by atoms with E-state index in [0.717, 1.165) is 25.5 Å². The number of unbranched alkanes of at least 4 members (excludes halogenated alkanes) is 9. The molecule has 4 nitrogen and oxygen atoms in total. The summed E-state index contributed by atoms with van der Waals surface area (Å²) in [6, 6.07) is 0. The van der Waals surface area contributed by atoms with E-state index in [4.69, 9.17) is 15.2 Å². The van der Waals surface area contributed by atoms with Crippen molar-refractivity contribution >= 4 is 0 Å². The van der Waals surface area contributed by atoms with Crippen molar-refractivity contribution in [2.45, 2.75) is 84.0 Å². The van der Waals surface area contributed by atoms with Crippen molar-refractivity contribution in [2.24, 2.45) is 0 Å². The molecule has 0 spiro atoms. The Kier molecular flexibility index (Phi) is 19.1. The SMILES string of the molecule is CCCCC/C=C\C/C=C\CCCCCCCCOC/C(O)=C/[N+]#N. The molecule has 0 bridgehead atoms. The molecule has 0 aromatic heterocycles. The van der Waals surface area contributed by atoms with Crippen LogP contribution in [0.15, 0.2) is 36.3 Å². The Bertz CT molecular complexity index is 409. The lowest BCUT2D eigenvalue weighted by molar-refractivity contribution is 0.124. The van der Waals surface area contributed by atoms with E-state index in [9.17, 15) is 0 Å². The molecule has 0 aliphatic rings. The number of allylic oxidation sites excluding steroid dienone is 4. The number of hydrogen-bond donors (Lipinski definition) is 1. The number of diazo groups is 1. The lowest BCUT2D eigenvalue weighted by atomic mass is 10.1. The van der Waals surface area contributed by atoms with E-state index in [1.807, 2.05) is 0 Å². The Labute approximate surface area is 154 Å². The molecule has 0 heterocycles. The van der Waals surface area contributed by atoms with Gasteiger partial charge in [-0.1, -0.05) is 69.8 Å².